The molecular weight excluding hydrogens is 346 g/mol. The number of fused-ring (bicyclic) bond motifs is 1. The molecule has 0 aliphatic rings. The van der Waals surface area contributed by atoms with Crippen LogP contribution in [0, 0.1) is 11.6 Å². The van der Waals surface area contributed by atoms with Crippen LogP contribution in [-0.2, 0) is 11.3 Å². The lowest BCUT2D eigenvalue weighted by molar-refractivity contribution is 0.0996. The summed E-state index contributed by atoms with van der Waals surface area (Å²) in [5.74, 6) is -1.24. The van der Waals surface area contributed by atoms with E-state index in [4.69, 9.17) is 4.74 Å². The van der Waals surface area contributed by atoms with Gasteiger partial charge in [0.05, 0.1) is 16.8 Å². The summed E-state index contributed by atoms with van der Waals surface area (Å²) in [6.07, 6.45) is 0. The SMILES string of the molecule is CCOCCn1c(=NC(=O)c2ccc(F)cc2)sc2cc(F)ccc21. The highest BCUT2D eigenvalue weighted by Crippen LogP contribution is 2.19. The molecule has 7 heteroatoms. The molecule has 0 atom stereocenters. The van der Waals surface area contributed by atoms with Gasteiger partial charge in [-0.15, -0.1) is 0 Å². The molecule has 4 nitrogen and oxygen atoms in total. The number of hydrogen-bond donors (Lipinski definition) is 0. The van der Waals surface area contributed by atoms with E-state index in [1.807, 2.05) is 11.5 Å². The highest BCUT2D eigenvalue weighted by molar-refractivity contribution is 7.16. The zero-order valence-electron chi connectivity index (χ0n) is 13.5. The van der Waals surface area contributed by atoms with Crippen molar-refractivity contribution in [1.82, 2.24) is 4.57 Å². The lowest BCUT2D eigenvalue weighted by Crippen LogP contribution is -2.19. The van der Waals surface area contributed by atoms with Crippen molar-refractivity contribution in [2.24, 2.45) is 4.99 Å². The summed E-state index contributed by atoms with van der Waals surface area (Å²) in [6.45, 7) is 3.43. The minimum absolute atomic E-state index is 0.293. The third kappa shape index (κ3) is 4.00. The average Bonchev–Trinajstić information content (AvgIpc) is 2.92. The van der Waals surface area contributed by atoms with Crippen LogP contribution >= 0.6 is 11.3 Å². The van der Waals surface area contributed by atoms with E-state index in [0.717, 1.165) is 5.52 Å². The van der Waals surface area contributed by atoms with Crippen LogP contribution in [0.4, 0.5) is 8.78 Å². The minimum atomic E-state index is -0.475. The van der Waals surface area contributed by atoms with E-state index >= 15 is 0 Å². The van der Waals surface area contributed by atoms with Crippen LogP contribution in [0.5, 0.6) is 0 Å². The molecule has 0 saturated carbocycles. The van der Waals surface area contributed by atoms with Crippen molar-refractivity contribution in [2.75, 3.05) is 13.2 Å². The van der Waals surface area contributed by atoms with Crippen molar-refractivity contribution in [3.05, 3.63) is 64.5 Å². The second-order valence-corrected chi connectivity index (χ2v) is 6.28. The Morgan fingerprint density at radius 2 is 1.88 bits per heavy atom. The maximum Gasteiger partial charge on any atom is 0.279 e. The van der Waals surface area contributed by atoms with Crippen LogP contribution < -0.4 is 4.80 Å². The molecule has 0 fully saturated rings. The molecule has 0 saturated heterocycles. The third-order valence-corrected chi connectivity index (χ3v) is 4.64. The zero-order valence-corrected chi connectivity index (χ0v) is 14.4. The second-order valence-electron chi connectivity index (χ2n) is 5.27. The zero-order chi connectivity index (χ0) is 17.8. The molecular formula is C18H16F2N2O2S. The summed E-state index contributed by atoms with van der Waals surface area (Å²) >= 11 is 1.23. The minimum Gasteiger partial charge on any atom is -0.380 e. The molecule has 0 radical (unpaired) electrons. The number of benzene rings is 2. The van der Waals surface area contributed by atoms with Crippen LogP contribution in [-0.4, -0.2) is 23.7 Å². The first kappa shape index (κ1) is 17.4. The van der Waals surface area contributed by atoms with Crippen molar-refractivity contribution in [3.8, 4) is 0 Å². The third-order valence-electron chi connectivity index (χ3n) is 3.60. The Labute approximate surface area is 147 Å². The van der Waals surface area contributed by atoms with Gasteiger partial charge in [0.25, 0.3) is 5.91 Å². The van der Waals surface area contributed by atoms with Gasteiger partial charge in [-0.1, -0.05) is 11.3 Å². The molecule has 0 bridgehead atoms. The Hall–Kier alpha value is -2.38. The molecule has 0 spiro atoms. The van der Waals surface area contributed by atoms with E-state index in [1.54, 1.807) is 6.07 Å². The van der Waals surface area contributed by atoms with Crippen LogP contribution in [0.25, 0.3) is 10.2 Å². The van der Waals surface area contributed by atoms with E-state index in [2.05, 4.69) is 4.99 Å². The summed E-state index contributed by atoms with van der Waals surface area (Å²) in [6, 6.07) is 9.65. The maximum absolute atomic E-state index is 13.5. The fourth-order valence-corrected chi connectivity index (χ4v) is 3.47. The van der Waals surface area contributed by atoms with Crippen molar-refractivity contribution in [2.45, 2.75) is 13.5 Å². The van der Waals surface area contributed by atoms with Crippen LogP contribution in [0.2, 0.25) is 0 Å². The normalized spacial score (nSPS) is 12.0. The first-order valence-electron chi connectivity index (χ1n) is 7.79. The molecule has 3 aromatic rings. The number of hydrogen-bond acceptors (Lipinski definition) is 3. The Bertz CT molecular complexity index is 961. The molecule has 25 heavy (non-hydrogen) atoms. The molecule has 0 unspecified atom stereocenters. The maximum atomic E-state index is 13.5. The van der Waals surface area contributed by atoms with Gasteiger partial charge in [-0.2, -0.15) is 4.99 Å². The van der Waals surface area contributed by atoms with E-state index in [1.165, 1.54) is 47.7 Å². The quantitative estimate of drug-likeness (QED) is 0.649. The highest BCUT2D eigenvalue weighted by Gasteiger charge is 2.10. The van der Waals surface area contributed by atoms with E-state index < -0.39 is 11.7 Å². The molecule has 1 aromatic heterocycles. The number of halogens is 2. The van der Waals surface area contributed by atoms with Gasteiger partial charge in [0.15, 0.2) is 4.80 Å². The van der Waals surface area contributed by atoms with Crippen LogP contribution in [0.3, 0.4) is 0 Å². The van der Waals surface area contributed by atoms with Gasteiger partial charge >= 0.3 is 0 Å². The predicted molar refractivity (Wildman–Crippen MR) is 92.6 cm³/mol. The van der Waals surface area contributed by atoms with Crippen molar-refractivity contribution < 1.29 is 18.3 Å². The van der Waals surface area contributed by atoms with Gasteiger partial charge in [-0.05, 0) is 49.4 Å². The van der Waals surface area contributed by atoms with Gasteiger partial charge in [-0.25, -0.2) is 8.78 Å². The Balaban J connectivity index is 2.04. The standard InChI is InChI=1S/C18H16F2N2O2S/c1-2-24-10-9-22-15-8-7-14(20)11-16(15)25-18(22)21-17(23)12-3-5-13(19)6-4-12/h3-8,11H,2,9-10H2,1H3. The molecule has 3 rings (SSSR count). The number of rotatable bonds is 5. The summed E-state index contributed by atoms with van der Waals surface area (Å²) < 4.78 is 34.4. The topological polar surface area (TPSA) is 43.6 Å². The van der Waals surface area contributed by atoms with E-state index in [0.29, 0.717) is 34.8 Å². The monoisotopic (exact) mass is 362 g/mol. The average molecular weight is 362 g/mol. The van der Waals surface area contributed by atoms with E-state index in [9.17, 15) is 13.6 Å². The summed E-state index contributed by atoms with van der Waals surface area (Å²) in [4.78, 5) is 17.0. The molecule has 0 aliphatic heterocycles. The molecule has 0 N–H and O–H groups in total. The van der Waals surface area contributed by atoms with Gasteiger partial charge in [0.2, 0.25) is 0 Å². The lowest BCUT2D eigenvalue weighted by Gasteiger charge is -2.05. The molecule has 1 amide bonds. The number of amides is 1. The van der Waals surface area contributed by atoms with Gasteiger partial charge in [-0.3, -0.25) is 4.79 Å². The molecule has 1 heterocycles. The lowest BCUT2D eigenvalue weighted by atomic mass is 10.2. The first-order chi connectivity index (χ1) is 12.1. The number of thiazole rings is 1. The number of nitrogens with zero attached hydrogens (tertiary/aromatic N) is 2. The largest absolute Gasteiger partial charge is 0.380 e. The Morgan fingerprint density at radius 1 is 1.16 bits per heavy atom. The van der Waals surface area contributed by atoms with Crippen molar-refractivity contribution in [1.29, 1.82) is 0 Å². The van der Waals surface area contributed by atoms with Crippen LogP contribution in [0.1, 0.15) is 17.3 Å². The Kier molecular flexibility index (Phi) is 5.35. The van der Waals surface area contributed by atoms with E-state index in [-0.39, 0.29) is 5.82 Å². The van der Waals surface area contributed by atoms with Gasteiger partial charge < -0.3 is 9.30 Å². The highest BCUT2D eigenvalue weighted by atomic mass is 32.1. The second kappa shape index (κ2) is 7.67. The summed E-state index contributed by atoms with van der Waals surface area (Å²) in [7, 11) is 0. The number of ether oxygens (including phenoxy) is 1. The molecule has 2 aromatic carbocycles. The fourth-order valence-electron chi connectivity index (χ4n) is 2.39. The van der Waals surface area contributed by atoms with Gasteiger partial charge in [0, 0.05) is 18.7 Å². The van der Waals surface area contributed by atoms with Gasteiger partial charge in [0.1, 0.15) is 11.6 Å². The predicted octanol–water partition coefficient (Wildman–Crippen LogP) is 3.76. The number of carbonyl (C=O) groups excluding carboxylic acids is 1. The van der Waals surface area contributed by atoms with Crippen molar-refractivity contribution >= 4 is 27.5 Å². The molecule has 130 valence electrons. The number of carbonyl (C=O) groups is 1. The van der Waals surface area contributed by atoms with Crippen LogP contribution in [0.15, 0.2) is 47.5 Å². The smallest absolute Gasteiger partial charge is 0.279 e. The van der Waals surface area contributed by atoms with Crippen molar-refractivity contribution in [3.63, 3.8) is 0 Å². The Morgan fingerprint density at radius 3 is 2.60 bits per heavy atom. The molecule has 0 aliphatic carbocycles. The first-order valence-corrected chi connectivity index (χ1v) is 8.61. The number of aromatic nitrogens is 1. The summed E-state index contributed by atoms with van der Waals surface area (Å²) in [5.41, 5.74) is 1.08. The summed E-state index contributed by atoms with van der Waals surface area (Å²) in [5, 5.41) is 0. The fraction of sp³-hybridized carbons (Fsp3) is 0.222.